The van der Waals surface area contributed by atoms with Crippen LogP contribution in [0.5, 0.6) is 5.75 Å². The predicted molar refractivity (Wildman–Crippen MR) is 88.8 cm³/mol. The number of carbonyl (C=O) groups excluding carboxylic acids is 1. The number of amides is 1. The third-order valence-corrected chi connectivity index (χ3v) is 3.45. The zero-order valence-electron chi connectivity index (χ0n) is 12.2. The molecule has 2 rings (SSSR count). The number of hydrogen-bond acceptors (Lipinski definition) is 2. The Kier molecular flexibility index (Phi) is 5.39. The Labute approximate surface area is 133 Å². The molecule has 2 aromatic rings. The number of hydrogen-bond donors (Lipinski definition) is 1. The molecule has 0 aliphatic heterocycles. The van der Waals surface area contributed by atoms with Gasteiger partial charge in [-0.1, -0.05) is 22.0 Å². The number of anilines is 1. The Morgan fingerprint density at radius 2 is 1.71 bits per heavy atom. The highest BCUT2D eigenvalue weighted by Gasteiger charge is 2.03. The molecule has 21 heavy (non-hydrogen) atoms. The molecule has 0 atom stereocenters. The van der Waals surface area contributed by atoms with Crippen molar-refractivity contribution in [3.05, 3.63) is 58.1 Å². The highest BCUT2D eigenvalue weighted by molar-refractivity contribution is 9.10. The maximum absolute atomic E-state index is 11.8. The number of rotatable bonds is 5. The van der Waals surface area contributed by atoms with Gasteiger partial charge in [-0.15, -0.1) is 0 Å². The van der Waals surface area contributed by atoms with Crippen LogP contribution in [0.2, 0.25) is 0 Å². The van der Waals surface area contributed by atoms with Gasteiger partial charge in [-0.05, 0) is 61.4 Å². The van der Waals surface area contributed by atoms with Gasteiger partial charge in [0, 0.05) is 10.2 Å². The van der Waals surface area contributed by atoms with Crippen LogP contribution in [-0.2, 0) is 4.79 Å². The van der Waals surface area contributed by atoms with Crippen LogP contribution in [0.25, 0.3) is 0 Å². The van der Waals surface area contributed by atoms with Crippen LogP contribution in [0.4, 0.5) is 5.69 Å². The van der Waals surface area contributed by atoms with Gasteiger partial charge in [-0.3, -0.25) is 4.79 Å². The Hall–Kier alpha value is -1.81. The molecule has 0 unspecified atom stereocenters. The van der Waals surface area contributed by atoms with Crippen LogP contribution in [0.15, 0.2) is 46.9 Å². The molecule has 0 saturated heterocycles. The van der Waals surface area contributed by atoms with Crippen LogP contribution in [0.1, 0.15) is 17.5 Å². The molecule has 0 radical (unpaired) electrons. The Bertz CT molecular complexity index is 603. The van der Waals surface area contributed by atoms with E-state index in [1.165, 1.54) is 0 Å². The molecule has 0 aliphatic carbocycles. The van der Waals surface area contributed by atoms with E-state index in [0.717, 1.165) is 27.0 Å². The van der Waals surface area contributed by atoms with Crippen molar-refractivity contribution in [2.75, 3.05) is 11.9 Å². The molecule has 0 aromatic heterocycles. The minimum Gasteiger partial charge on any atom is -0.493 e. The van der Waals surface area contributed by atoms with Crippen molar-refractivity contribution in [1.29, 1.82) is 0 Å². The quantitative estimate of drug-likeness (QED) is 0.866. The first kappa shape index (κ1) is 15.6. The van der Waals surface area contributed by atoms with Crippen LogP contribution < -0.4 is 10.1 Å². The van der Waals surface area contributed by atoms with Crippen molar-refractivity contribution >= 4 is 27.5 Å². The van der Waals surface area contributed by atoms with Crippen LogP contribution >= 0.6 is 15.9 Å². The van der Waals surface area contributed by atoms with E-state index >= 15 is 0 Å². The van der Waals surface area contributed by atoms with Gasteiger partial charge in [0.25, 0.3) is 0 Å². The van der Waals surface area contributed by atoms with E-state index in [1.807, 2.05) is 50.2 Å². The fourth-order valence-electron chi connectivity index (χ4n) is 2.03. The molecule has 3 nitrogen and oxygen atoms in total. The monoisotopic (exact) mass is 347 g/mol. The van der Waals surface area contributed by atoms with E-state index in [1.54, 1.807) is 0 Å². The van der Waals surface area contributed by atoms with E-state index < -0.39 is 0 Å². The highest BCUT2D eigenvalue weighted by Crippen LogP contribution is 2.17. The second-order valence-corrected chi connectivity index (χ2v) is 5.89. The van der Waals surface area contributed by atoms with Gasteiger partial charge in [-0.25, -0.2) is 0 Å². The fraction of sp³-hybridized carbons (Fsp3) is 0.235. The first-order valence-electron chi connectivity index (χ1n) is 6.79. The molecule has 2 aromatic carbocycles. The minimum absolute atomic E-state index is 0.0540. The van der Waals surface area contributed by atoms with Gasteiger partial charge in [0.1, 0.15) is 5.75 Å². The van der Waals surface area contributed by atoms with Crippen molar-refractivity contribution in [2.24, 2.45) is 0 Å². The summed E-state index contributed by atoms with van der Waals surface area (Å²) in [5, 5.41) is 2.84. The topological polar surface area (TPSA) is 38.3 Å². The van der Waals surface area contributed by atoms with Crippen molar-refractivity contribution in [3.8, 4) is 5.75 Å². The molecular weight excluding hydrogens is 330 g/mol. The highest BCUT2D eigenvalue weighted by atomic mass is 79.9. The molecular formula is C17H18BrNO2. The second kappa shape index (κ2) is 7.27. The first-order chi connectivity index (χ1) is 10.0. The Morgan fingerprint density at radius 1 is 1.10 bits per heavy atom. The molecule has 4 heteroatoms. The maximum Gasteiger partial charge on any atom is 0.227 e. The lowest BCUT2D eigenvalue weighted by atomic mass is 10.1. The van der Waals surface area contributed by atoms with Gasteiger partial charge in [0.2, 0.25) is 5.91 Å². The fourth-order valence-corrected chi connectivity index (χ4v) is 2.30. The number of halogens is 1. The van der Waals surface area contributed by atoms with Gasteiger partial charge in [-0.2, -0.15) is 0 Å². The number of aryl methyl sites for hydroxylation is 2. The smallest absolute Gasteiger partial charge is 0.227 e. The Morgan fingerprint density at radius 3 is 2.33 bits per heavy atom. The van der Waals surface area contributed by atoms with E-state index in [2.05, 4.69) is 27.3 Å². The summed E-state index contributed by atoms with van der Waals surface area (Å²) in [5.41, 5.74) is 3.10. The lowest BCUT2D eigenvalue weighted by Crippen LogP contribution is -2.15. The van der Waals surface area contributed by atoms with E-state index in [9.17, 15) is 4.79 Å². The zero-order valence-corrected chi connectivity index (χ0v) is 13.7. The van der Waals surface area contributed by atoms with E-state index in [-0.39, 0.29) is 5.91 Å². The summed E-state index contributed by atoms with van der Waals surface area (Å²) in [5.74, 6) is 0.755. The van der Waals surface area contributed by atoms with Crippen LogP contribution in [0.3, 0.4) is 0 Å². The van der Waals surface area contributed by atoms with Crippen LogP contribution in [0, 0.1) is 13.8 Å². The van der Waals surface area contributed by atoms with Gasteiger partial charge in [0.15, 0.2) is 0 Å². The molecule has 110 valence electrons. The normalized spacial score (nSPS) is 10.2. The van der Waals surface area contributed by atoms with Crippen molar-refractivity contribution in [3.63, 3.8) is 0 Å². The SMILES string of the molecule is Cc1cc(C)cc(OCCC(=O)Nc2ccc(Br)cc2)c1. The average Bonchev–Trinajstić information content (AvgIpc) is 2.40. The zero-order chi connectivity index (χ0) is 15.2. The standard InChI is InChI=1S/C17H18BrNO2/c1-12-9-13(2)11-16(10-12)21-8-7-17(20)19-15-5-3-14(18)4-6-15/h3-6,9-11H,7-8H2,1-2H3,(H,19,20). The lowest BCUT2D eigenvalue weighted by molar-refractivity contribution is -0.116. The summed E-state index contributed by atoms with van der Waals surface area (Å²) in [4.78, 5) is 11.8. The Balaban J connectivity index is 1.80. The summed E-state index contributed by atoms with van der Waals surface area (Å²) >= 11 is 3.36. The largest absolute Gasteiger partial charge is 0.493 e. The molecule has 1 N–H and O–H groups in total. The number of nitrogens with one attached hydrogen (secondary N) is 1. The first-order valence-corrected chi connectivity index (χ1v) is 7.59. The lowest BCUT2D eigenvalue weighted by Gasteiger charge is -2.09. The maximum atomic E-state index is 11.8. The van der Waals surface area contributed by atoms with E-state index in [0.29, 0.717) is 13.0 Å². The van der Waals surface area contributed by atoms with Gasteiger partial charge in [0.05, 0.1) is 13.0 Å². The molecule has 1 amide bonds. The summed E-state index contributed by atoms with van der Waals surface area (Å²) < 4.78 is 6.61. The summed E-state index contributed by atoms with van der Waals surface area (Å²) in [7, 11) is 0. The second-order valence-electron chi connectivity index (χ2n) is 4.98. The number of carbonyl (C=O) groups is 1. The number of benzene rings is 2. The molecule has 0 heterocycles. The van der Waals surface area contributed by atoms with Crippen LogP contribution in [-0.4, -0.2) is 12.5 Å². The van der Waals surface area contributed by atoms with E-state index in [4.69, 9.17) is 4.74 Å². The van der Waals surface area contributed by atoms with Gasteiger partial charge < -0.3 is 10.1 Å². The van der Waals surface area contributed by atoms with Crippen molar-refractivity contribution in [1.82, 2.24) is 0 Å². The molecule has 0 bridgehead atoms. The molecule has 0 fully saturated rings. The summed E-state index contributed by atoms with van der Waals surface area (Å²) in [6.45, 7) is 4.42. The third-order valence-electron chi connectivity index (χ3n) is 2.92. The third kappa shape index (κ3) is 5.23. The predicted octanol–water partition coefficient (Wildman–Crippen LogP) is 4.47. The minimum atomic E-state index is -0.0540. The number of ether oxygens (including phenoxy) is 1. The molecule has 0 saturated carbocycles. The summed E-state index contributed by atoms with van der Waals surface area (Å²) in [6.07, 6.45) is 0.322. The average molecular weight is 348 g/mol. The van der Waals surface area contributed by atoms with Crippen molar-refractivity contribution < 1.29 is 9.53 Å². The van der Waals surface area contributed by atoms with Gasteiger partial charge >= 0.3 is 0 Å². The molecule has 0 aliphatic rings. The molecule has 0 spiro atoms. The van der Waals surface area contributed by atoms with Crippen molar-refractivity contribution in [2.45, 2.75) is 20.3 Å². The summed E-state index contributed by atoms with van der Waals surface area (Å²) in [6, 6.07) is 13.5.